The Morgan fingerprint density at radius 1 is 0.172 bits per heavy atom. The second-order valence-corrected chi connectivity index (χ2v) is 32.8. The highest BCUT2D eigenvalue weighted by atomic mass is 15.2. The van der Waals surface area contributed by atoms with E-state index in [2.05, 4.69) is 464 Å². The van der Waals surface area contributed by atoms with Gasteiger partial charge in [-0.25, -0.2) is 0 Å². The Labute approximate surface area is 708 Å². The highest BCUT2D eigenvalue weighted by molar-refractivity contribution is 7.00. The third-order valence-electron chi connectivity index (χ3n) is 26.3. The Bertz CT molecular complexity index is 7500. The van der Waals surface area contributed by atoms with Crippen LogP contribution in [0.4, 0.5) is 51.2 Å². The second-order valence-electron chi connectivity index (χ2n) is 32.8. The smallest absolute Gasteiger partial charge is 0.252 e. The molecule has 4 heteroatoms. The first kappa shape index (κ1) is 69.3. The van der Waals surface area contributed by atoms with Gasteiger partial charge in [-0.3, -0.25) is 0 Å². The van der Waals surface area contributed by atoms with Crippen molar-refractivity contribution in [2.45, 2.75) is 0 Å². The quantitative estimate of drug-likeness (QED) is 0.0647. The third-order valence-corrected chi connectivity index (χ3v) is 26.3. The van der Waals surface area contributed by atoms with Crippen LogP contribution in [0.1, 0.15) is 0 Å². The van der Waals surface area contributed by atoms with Crippen molar-refractivity contribution >= 4 is 160 Å². The molecule has 2 heterocycles. The summed E-state index contributed by atoms with van der Waals surface area (Å²) in [7, 11) is 0. The van der Waals surface area contributed by atoms with Gasteiger partial charge in [-0.05, 0) is 218 Å². The molecular formula is C118H74BN3. The van der Waals surface area contributed by atoms with Crippen LogP contribution in [0.3, 0.4) is 0 Å². The van der Waals surface area contributed by atoms with Crippen molar-refractivity contribution in [2.75, 3.05) is 14.7 Å². The number of para-hydroxylation sites is 2. The molecule has 0 aliphatic carbocycles. The van der Waals surface area contributed by atoms with Crippen molar-refractivity contribution in [3.63, 3.8) is 0 Å². The van der Waals surface area contributed by atoms with Crippen molar-refractivity contribution in [3.8, 4) is 89.0 Å². The van der Waals surface area contributed by atoms with Crippen LogP contribution >= 0.6 is 0 Å². The zero-order chi connectivity index (χ0) is 80.0. The van der Waals surface area contributed by atoms with Gasteiger partial charge >= 0.3 is 0 Å². The van der Waals surface area contributed by atoms with Gasteiger partial charge in [-0.15, -0.1) is 0 Å². The molecule has 23 aromatic carbocycles. The molecule has 0 atom stereocenters. The number of rotatable bonds is 13. The number of anilines is 9. The molecule has 23 aromatic rings. The van der Waals surface area contributed by atoms with E-state index >= 15 is 0 Å². The molecule has 0 unspecified atom stereocenters. The molecule has 3 nitrogen and oxygen atoms in total. The van der Waals surface area contributed by atoms with E-state index in [4.69, 9.17) is 0 Å². The fourth-order valence-corrected chi connectivity index (χ4v) is 21.0. The van der Waals surface area contributed by atoms with Crippen LogP contribution in [0.5, 0.6) is 0 Å². The molecule has 0 radical (unpaired) electrons. The SMILES string of the molecule is c1ccc(-c2ccc(N(c3ccc(-c4ccccc4)cc3)c3cc4c5c(c3)N(c3c(-c6ccccc6)cccc3-c3ccccc3)c3ccc(-c6ccc7cccc8c9cccc%10cccc(c6c78)c%109)cc3B5c3cc(-c5ccc6cccc7c8cccc9cccc(c5c67)c98)ccc3N4c3c(-c4ccccc4)cccc3-c3ccccc3)cc2)cc1. The molecule has 0 amide bonds. The maximum absolute atomic E-state index is 2.71. The number of fused-ring (bicyclic) bond motifs is 8. The minimum Gasteiger partial charge on any atom is -0.310 e. The van der Waals surface area contributed by atoms with E-state index in [1.807, 2.05) is 0 Å². The van der Waals surface area contributed by atoms with E-state index in [1.165, 1.54) is 114 Å². The Hall–Kier alpha value is -15.9. The summed E-state index contributed by atoms with van der Waals surface area (Å²) in [6, 6.07) is 170. The van der Waals surface area contributed by atoms with E-state index < -0.39 is 6.71 Å². The lowest BCUT2D eigenvalue weighted by Gasteiger charge is -2.46. The molecule has 0 N–H and O–H groups in total. The van der Waals surface area contributed by atoms with Crippen LogP contribution in [0.25, 0.3) is 175 Å². The van der Waals surface area contributed by atoms with Gasteiger partial charge in [-0.1, -0.05) is 400 Å². The summed E-state index contributed by atoms with van der Waals surface area (Å²) in [6.07, 6.45) is 0. The number of hydrogen-bond acceptors (Lipinski definition) is 3. The second kappa shape index (κ2) is 27.9. The molecule has 0 saturated heterocycles. The van der Waals surface area contributed by atoms with E-state index in [0.717, 1.165) is 129 Å². The first-order valence-electron chi connectivity index (χ1n) is 42.4. The van der Waals surface area contributed by atoms with Gasteiger partial charge in [0.25, 0.3) is 6.71 Å². The van der Waals surface area contributed by atoms with Gasteiger partial charge in [0.15, 0.2) is 0 Å². The molecule has 0 aromatic heterocycles. The van der Waals surface area contributed by atoms with Crippen LogP contribution in [0.15, 0.2) is 449 Å². The molecule has 0 spiro atoms. The fourth-order valence-electron chi connectivity index (χ4n) is 21.0. The van der Waals surface area contributed by atoms with Gasteiger partial charge in [0.2, 0.25) is 0 Å². The van der Waals surface area contributed by atoms with Crippen molar-refractivity contribution < 1.29 is 0 Å². The molecule has 564 valence electrons. The normalized spacial score (nSPS) is 12.4. The predicted octanol–water partition coefficient (Wildman–Crippen LogP) is 30.7. The summed E-state index contributed by atoms with van der Waals surface area (Å²) in [5, 5.41) is 20.2. The Kier molecular flexibility index (Phi) is 15.8. The molecule has 2 aliphatic heterocycles. The summed E-state index contributed by atoms with van der Waals surface area (Å²) in [5.74, 6) is 0. The fraction of sp³-hybridized carbons (Fsp3) is 0. The van der Waals surface area contributed by atoms with E-state index in [-0.39, 0.29) is 0 Å². The average Bonchev–Trinajstić information content (AvgIpc) is 0.660. The number of hydrogen-bond donors (Lipinski definition) is 0. The standard InChI is InChI=1S/C118H74BN3/c1-7-27-75(28-8-1)77-55-63-89(64-56-77)120(90-65-57-78(58-66-90)76-29-9-2-10-30-76)91-73-108-116-109(74-91)122(118-96(81-35-15-5-16-36-81)47-26-48-97(118)82-37-17-6-18-38-82)107-70-62-88(93-68-60-86-44-22-52-101-99-50-20-40-84-42-24-54-103(111(84)99)115(93)113(86)101)72-105(107)119(116)104-71-87(92-67-59-85-43-21-51-100-98-49-19-39-83-41-23-53-102(110(83)98)114(92)112(85)100)61-69-106(104)121(108)117-94(79-31-11-3-12-32-79)45-25-46-95(117)80-33-13-4-14-34-80/h1-74H. The molecule has 0 saturated carbocycles. The van der Waals surface area contributed by atoms with E-state index in [9.17, 15) is 0 Å². The lowest BCUT2D eigenvalue weighted by atomic mass is 9.33. The Morgan fingerprint density at radius 2 is 0.459 bits per heavy atom. The maximum atomic E-state index is 2.71. The summed E-state index contributed by atoms with van der Waals surface area (Å²) in [5.41, 5.74) is 31.3. The Balaban J connectivity index is 0.858. The van der Waals surface area contributed by atoms with Crippen molar-refractivity contribution in [2.24, 2.45) is 0 Å². The maximum Gasteiger partial charge on any atom is 0.252 e. The van der Waals surface area contributed by atoms with E-state index in [1.54, 1.807) is 0 Å². The lowest BCUT2D eigenvalue weighted by Crippen LogP contribution is -2.61. The van der Waals surface area contributed by atoms with Crippen molar-refractivity contribution in [1.29, 1.82) is 0 Å². The van der Waals surface area contributed by atoms with Gasteiger partial charge in [0.1, 0.15) is 0 Å². The van der Waals surface area contributed by atoms with Gasteiger partial charge in [-0.2, -0.15) is 0 Å². The number of benzene rings is 23. The summed E-state index contributed by atoms with van der Waals surface area (Å²) in [6.45, 7) is -0.392. The van der Waals surface area contributed by atoms with Crippen LogP contribution in [0.2, 0.25) is 0 Å². The topological polar surface area (TPSA) is 9.72 Å². The van der Waals surface area contributed by atoms with Crippen LogP contribution in [-0.4, -0.2) is 6.71 Å². The first-order valence-corrected chi connectivity index (χ1v) is 42.4. The zero-order valence-corrected chi connectivity index (χ0v) is 66.6. The third kappa shape index (κ3) is 10.8. The van der Waals surface area contributed by atoms with E-state index in [0.29, 0.717) is 0 Å². The summed E-state index contributed by atoms with van der Waals surface area (Å²) >= 11 is 0. The Morgan fingerprint density at radius 3 is 0.803 bits per heavy atom. The predicted molar refractivity (Wildman–Crippen MR) is 521 cm³/mol. The van der Waals surface area contributed by atoms with Gasteiger partial charge in [0.05, 0.1) is 17.1 Å². The molecule has 0 fully saturated rings. The molecule has 122 heavy (non-hydrogen) atoms. The molecular weight excluding hydrogens is 1470 g/mol. The van der Waals surface area contributed by atoms with Crippen LogP contribution < -0.4 is 31.1 Å². The van der Waals surface area contributed by atoms with Crippen LogP contribution in [0, 0.1) is 0 Å². The molecule has 25 rings (SSSR count). The molecule has 0 bridgehead atoms. The number of nitrogens with zero attached hydrogens (tertiary/aromatic N) is 3. The zero-order valence-electron chi connectivity index (χ0n) is 66.6. The highest BCUT2D eigenvalue weighted by Crippen LogP contribution is 2.57. The first-order chi connectivity index (χ1) is 60.6. The molecule has 2 aliphatic rings. The average molecular weight is 1540 g/mol. The van der Waals surface area contributed by atoms with Gasteiger partial charge < -0.3 is 14.7 Å². The van der Waals surface area contributed by atoms with Crippen LogP contribution in [-0.2, 0) is 0 Å². The minimum atomic E-state index is -0.392. The largest absolute Gasteiger partial charge is 0.310 e. The highest BCUT2D eigenvalue weighted by Gasteiger charge is 2.46. The summed E-state index contributed by atoms with van der Waals surface area (Å²) < 4.78 is 0. The lowest BCUT2D eigenvalue weighted by molar-refractivity contribution is 1.23. The minimum absolute atomic E-state index is 0.392. The van der Waals surface area contributed by atoms with Crippen molar-refractivity contribution in [3.05, 3.63) is 449 Å². The van der Waals surface area contributed by atoms with Gasteiger partial charge in [0, 0.05) is 56.4 Å². The monoisotopic (exact) mass is 1540 g/mol. The van der Waals surface area contributed by atoms with Crippen molar-refractivity contribution in [1.82, 2.24) is 0 Å². The summed E-state index contributed by atoms with van der Waals surface area (Å²) in [4.78, 5) is 7.93.